The summed E-state index contributed by atoms with van der Waals surface area (Å²) < 4.78 is 0. The molecule has 0 saturated heterocycles. The average Bonchev–Trinajstić information content (AvgIpc) is 3.24. The summed E-state index contributed by atoms with van der Waals surface area (Å²) in [7, 11) is 0. The Morgan fingerprint density at radius 3 is 1.19 bits per heavy atom. The minimum absolute atomic E-state index is 0.0859. The first-order valence-corrected chi connectivity index (χ1v) is 24.2. The minimum atomic E-state index is -0.870. The fourth-order valence-corrected chi connectivity index (χ4v) is 6.50. The first kappa shape index (κ1) is 55.8. The number of unbranched alkanes of at least 4 members (excludes halogenated alkanes) is 17. The Morgan fingerprint density at radius 1 is 0.424 bits per heavy atom. The number of aliphatic hydroxyl groups excluding tert-OH is 2. The van der Waals surface area contributed by atoms with Crippen molar-refractivity contribution >= 4 is 5.91 Å². The normalized spacial score (nSPS) is 14.0. The third-order valence-corrected chi connectivity index (χ3v) is 10.2. The van der Waals surface area contributed by atoms with Crippen LogP contribution in [0.25, 0.3) is 0 Å². The molecule has 0 aliphatic heterocycles. The number of hydrogen-bond acceptors (Lipinski definition) is 3. The zero-order chi connectivity index (χ0) is 42.8. The number of aliphatic hydroxyl groups is 2. The third kappa shape index (κ3) is 45.7. The Balaban J connectivity index is 3.63. The Hall–Kier alpha value is -3.21. The molecule has 0 aliphatic rings. The lowest BCUT2D eigenvalue weighted by Gasteiger charge is -2.19. The maximum Gasteiger partial charge on any atom is 0.220 e. The summed E-state index contributed by atoms with van der Waals surface area (Å²) in [6, 6.07) is -0.648. The third-order valence-electron chi connectivity index (χ3n) is 10.2. The number of carbonyl (C=O) groups excluding carboxylic acids is 1. The highest BCUT2D eigenvalue weighted by molar-refractivity contribution is 5.76. The molecular weight excluding hydrogens is 723 g/mol. The SMILES string of the molecule is CC/C=C\C/C=C\C/C=C\C/C=C\C/C=C\C/C=C\C/C=C\C/C=C\CCCCCCCCCCCCC(=O)NC(CO)C(O)/C=C/CC/C=C/CCCCCCCC. The van der Waals surface area contributed by atoms with E-state index in [9.17, 15) is 15.0 Å². The topological polar surface area (TPSA) is 69.6 Å². The van der Waals surface area contributed by atoms with E-state index in [1.165, 1.54) is 89.9 Å². The molecule has 0 aliphatic carbocycles. The lowest BCUT2D eigenvalue weighted by Crippen LogP contribution is -2.45. The summed E-state index contributed by atoms with van der Waals surface area (Å²) in [5, 5.41) is 22.9. The molecule has 0 aromatic rings. The Labute approximate surface area is 365 Å². The first-order valence-electron chi connectivity index (χ1n) is 24.2. The molecule has 0 saturated carbocycles. The quantitative estimate of drug-likeness (QED) is 0.0425. The molecule has 0 fully saturated rings. The molecular formula is C55H91NO3. The smallest absolute Gasteiger partial charge is 0.220 e. The summed E-state index contributed by atoms with van der Waals surface area (Å²) in [4.78, 5) is 12.4. The average molecular weight is 814 g/mol. The van der Waals surface area contributed by atoms with E-state index in [0.717, 1.165) is 89.9 Å². The fraction of sp³-hybridized carbons (Fsp3) is 0.618. The van der Waals surface area contributed by atoms with Gasteiger partial charge in [0.05, 0.1) is 18.8 Å². The van der Waals surface area contributed by atoms with Gasteiger partial charge in [0.1, 0.15) is 0 Å². The van der Waals surface area contributed by atoms with Gasteiger partial charge in [0.15, 0.2) is 0 Å². The minimum Gasteiger partial charge on any atom is -0.394 e. The highest BCUT2D eigenvalue weighted by Crippen LogP contribution is 2.13. The molecule has 59 heavy (non-hydrogen) atoms. The van der Waals surface area contributed by atoms with Gasteiger partial charge in [-0.3, -0.25) is 4.79 Å². The van der Waals surface area contributed by atoms with Crippen LogP contribution in [0.1, 0.15) is 200 Å². The van der Waals surface area contributed by atoms with E-state index in [-0.39, 0.29) is 12.5 Å². The van der Waals surface area contributed by atoms with Crippen molar-refractivity contribution in [1.82, 2.24) is 5.32 Å². The molecule has 1 amide bonds. The van der Waals surface area contributed by atoms with E-state index < -0.39 is 12.1 Å². The Kier molecular flexibility index (Phi) is 46.5. The molecule has 0 rings (SSSR count). The van der Waals surface area contributed by atoms with Crippen LogP contribution in [-0.2, 0) is 4.79 Å². The van der Waals surface area contributed by atoms with Gasteiger partial charge in [-0.2, -0.15) is 0 Å². The standard InChI is InChI=1S/C55H91NO3/c1-3-5-7-9-11-13-15-17-18-19-20-21-22-23-24-25-26-27-28-29-30-31-32-33-34-35-36-37-38-39-41-43-45-47-49-51-55(59)56-53(52-57)54(58)50-48-46-44-42-40-16-14-12-10-8-6-4-2/h5,7,11,13,17-18,20-21,23-24,26-27,29-30,32-33,40,42,48,50,53-54,57-58H,3-4,6,8-10,12,14-16,19,22,25,28,31,34-39,41,43-47,49,51-52H2,1-2H3,(H,56,59)/b7-5-,13-11-,18-17-,21-20-,24-23-,27-26-,30-29-,33-32-,42-40+,50-48+. The molecule has 2 unspecified atom stereocenters. The summed E-state index contributed by atoms with van der Waals surface area (Å²) in [5.74, 6) is -0.0859. The highest BCUT2D eigenvalue weighted by Gasteiger charge is 2.17. The predicted molar refractivity (Wildman–Crippen MR) is 262 cm³/mol. The van der Waals surface area contributed by atoms with Crippen LogP contribution in [0.3, 0.4) is 0 Å². The molecule has 2 atom stereocenters. The van der Waals surface area contributed by atoms with Crippen molar-refractivity contribution in [3.63, 3.8) is 0 Å². The van der Waals surface area contributed by atoms with Gasteiger partial charge in [-0.25, -0.2) is 0 Å². The van der Waals surface area contributed by atoms with Crippen molar-refractivity contribution in [1.29, 1.82) is 0 Å². The summed E-state index contributed by atoms with van der Waals surface area (Å²) in [6.07, 6.45) is 76.1. The molecule has 0 bridgehead atoms. The largest absolute Gasteiger partial charge is 0.394 e. The Morgan fingerprint density at radius 2 is 0.763 bits per heavy atom. The van der Waals surface area contributed by atoms with Gasteiger partial charge in [-0.05, 0) is 96.3 Å². The number of rotatable bonds is 42. The van der Waals surface area contributed by atoms with Gasteiger partial charge in [0.2, 0.25) is 5.91 Å². The van der Waals surface area contributed by atoms with Gasteiger partial charge in [-0.1, -0.05) is 219 Å². The van der Waals surface area contributed by atoms with Gasteiger partial charge in [-0.15, -0.1) is 0 Å². The van der Waals surface area contributed by atoms with E-state index in [1.807, 2.05) is 6.08 Å². The van der Waals surface area contributed by atoms with E-state index >= 15 is 0 Å². The van der Waals surface area contributed by atoms with Crippen LogP contribution < -0.4 is 5.32 Å². The number of amides is 1. The maximum atomic E-state index is 12.4. The summed E-state index contributed by atoms with van der Waals surface area (Å²) >= 11 is 0. The van der Waals surface area contributed by atoms with Crippen LogP contribution in [0.5, 0.6) is 0 Å². The molecule has 3 N–H and O–H groups in total. The lowest BCUT2D eigenvalue weighted by atomic mass is 10.0. The second-order valence-corrected chi connectivity index (χ2v) is 15.8. The molecule has 4 nitrogen and oxygen atoms in total. The van der Waals surface area contributed by atoms with Crippen LogP contribution in [0.15, 0.2) is 122 Å². The van der Waals surface area contributed by atoms with Crippen molar-refractivity contribution < 1.29 is 15.0 Å². The zero-order valence-corrected chi connectivity index (χ0v) is 38.2. The summed E-state index contributed by atoms with van der Waals surface area (Å²) in [6.45, 7) is 4.15. The maximum absolute atomic E-state index is 12.4. The zero-order valence-electron chi connectivity index (χ0n) is 38.2. The number of hydrogen-bond donors (Lipinski definition) is 3. The van der Waals surface area contributed by atoms with Crippen LogP contribution in [0.2, 0.25) is 0 Å². The molecule has 4 heteroatoms. The van der Waals surface area contributed by atoms with Gasteiger partial charge in [0, 0.05) is 6.42 Å². The van der Waals surface area contributed by atoms with Crippen molar-refractivity contribution in [2.75, 3.05) is 6.61 Å². The predicted octanol–water partition coefficient (Wildman–Crippen LogP) is 15.7. The van der Waals surface area contributed by atoms with E-state index in [0.29, 0.717) is 6.42 Å². The lowest BCUT2D eigenvalue weighted by molar-refractivity contribution is -0.123. The molecule has 334 valence electrons. The molecule has 0 heterocycles. The number of allylic oxidation sites excluding steroid dienone is 19. The van der Waals surface area contributed by atoms with Crippen LogP contribution in [0, 0.1) is 0 Å². The number of carbonyl (C=O) groups is 1. The number of nitrogens with one attached hydrogen (secondary N) is 1. The van der Waals surface area contributed by atoms with Crippen molar-refractivity contribution in [2.45, 2.75) is 212 Å². The summed E-state index contributed by atoms with van der Waals surface area (Å²) in [5.41, 5.74) is 0. The van der Waals surface area contributed by atoms with E-state index in [2.05, 4.69) is 129 Å². The van der Waals surface area contributed by atoms with Crippen LogP contribution >= 0.6 is 0 Å². The second kappa shape index (κ2) is 49.2. The van der Waals surface area contributed by atoms with Crippen molar-refractivity contribution in [3.05, 3.63) is 122 Å². The first-order chi connectivity index (χ1) is 29.2. The van der Waals surface area contributed by atoms with Crippen LogP contribution in [0.4, 0.5) is 0 Å². The Bertz CT molecular complexity index is 1200. The van der Waals surface area contributed by atoms with Gasteiger partial charge < -0.3 is 15.5 Å². The molecule has 0 spiro atoms. The van der Waals surface area contributed by atoms with Crippen molar-refractivity contribution in [3.8, 4) is 0 Å². The fourth-order valence-electron chi connectivity index (χ4n) is 6.50. The van der Waals surface area contributed by atoms with E-state index in [4.69, 9.17) is 0 Å². The molecule has 0 aromatic heterocycles. The second-order valence-electron chi connectivity index (χ2n) is 15.8. The molecule has 0 radical (unpaired) electrons. The van der Waals surface area contributed by atoms with E-state index in [1.54, 1.807) is 6.08 Å². The van der Waals surface area contributed by atoms with Gasteiger partial charge >= 0.3 is 0 Å². The monoisotopic (exact) mass is 814 g/mol. The highest BCUT2D eigenvalue weighted by atomic mass is 16.3. The van der Waals surface area contributed by atoms with Crippen LogP contribution in [-0.4, -0.2) is 34.9 Å². The van der Waals surface area contributed by atoms with Crippen molar-refractivity contribution in [2.24, 2.45) is 0 Å². The molecule has 0 aromatic carbocycles. The van der Waals surface area contributed by atoms with Gasteiger partial charge in [0.25, 0.3) is 0 Å².